The van der Waals surface area contributed by atoms with Crippen molar-refractivity contribution < 1.29 is 5.11 Å². The van der Waals surface area contributed by atoms with E-state index < -0.39 is 0 Å². The zero-order chi connectivity index (χ0) is 15.1. The lowest BCUT2D eigenvalue weighted by Gasteiger charge is -2.39. The number of hydrogen-bond donors (Lipinski definition) is 1. The van der Waals surface area contributed by atoms with Gasteiger partial charge in [-0.3, -0.25) is 9.80 Å². The van der Waals surface area contributed by atoms with Gasteiger partial charge in [0.2, 0.25) is 0 Å². The maximum Gasteiger partial charge on any atom is 0.0670 e. The molecule has 0 spiro atoms. The molecule has 0 unspecified atom stereocenters. The second kappa shape index (κ2) is 8.89. The highest BCUT2D eigenvalue weighted by molar-refractivity contribution is 4.83. The van der Waals surface area contributed by atoms with E-state index in [4.69, 9.17) is 0 Å². The Morgan fingerprint density at radius 1 is 1.19 bits per heavy atom. The first kappa shape index (κ1) is 16.9. The Labute approximate surface area is 130 Å². The maximum absolute atomic E-state index is 10.1. The van der Waals surface area contributed by atoms with Crippen LogP contribution in [-0.2, 0) is 0 Å². The van der Waals surface area contributed by atoms with Crippen LogP contribution >= 0.6 is 0 Å². The van der Waals surface area contributed by atoms with Crippen molar-refractivity contribution in [3.63, 3.8) is 0 Å². The number of piperazine rings is 1. The van der Waals surface area contributed by atoms with Crippen molar-refractivity contribution in [2.75, 3.05) is 52.9 Å². The zero-order valence-corrected chi connectivity index (χ0v) is 13.7. The Bertz CT molecular complexity index is 302. The molecule has 2 rings (SSSR count). The summed E-state index contributed by atoms with van der Waals surface area (Å²) >= 11 is 0. The van der Waals surface area contributed by atoms with Crippen molar-refractivity contribution in [2.24, 2.45) is 0 Å². The first-order valence-electron chi connectivity index (χ1n) is 8.63. The second-order valence-corrected chi connectivity index (χ2v) is 6.77. The molecule has 0 saturated carbocycles. The highest BCUT2D eigenvalue weighted by Crippen LogP contribution is 2.18. The van der Waals surface area contributed by atoms with E-state index >= 15 is 0 Å². The molecule has 0 aliphatic carbocycles. The molecule has 2 aliphatic rings. The van der Waals surface area contributed by atoms with E-state index in [0.717, 1.165) is 32.5 Å². The largest absolute Gasteiger partial charge is 0.392 e. The summed E-state index contributed by atoms with van der Waals surface area (Å²) in [7, 11) is 2.21. The molecule has 0 aromatic rings. The predicted molar refractivity (Wildman–Crippen MR) is 88.6 cm³/mol. The average molecular weight is 295 g/mol. The Kier molecular flexibility index (Phi) is 7.17. The Balaban J connectivity index is 1.81. The highest BCUT2D eigenvalue weighted by Gasteiger charge is 2.26. The summed E-state index contributed by atoms with van der Waals surface area (Å²) < 4.78 is 0. The monoisotopic (exact) mass is 295 g/mol. The van der Waals surface area contributed by atoms with Crippen LogP contribution < -0.4 is 0 Å². The van der Waals surface area contributed by atoms with Crippen molar-refractivity contribution in [3.05, 3.63) is 12.7 Å². The van der Waals surface area contributed by atoms with Crippen LogP contribution in [0.15, 0.2) is 12.7 Å². The van der Waals surface area contributed by atoms with E-state index in [1.165, 1.54) is 45.4 Å². The number of likely N-dealkylation sites (N-methyl/N-ethyl adjacent to an activating group) is 1. The maximum atomic E-state index is 10.1. The van der Waals surface area contributed by atoms with E-state index in [1.54, 1.807) is 0 Å². The van der Waals surface area contributed by atoms with Crippen LogP contribution in [0.3, 0.4) is 0 Å². The van der Waals surface area contributed by atoms with Crippen LogP contribution in [0.5, 0.6) is 0 Å². The van der Waals surface area contributed by atoms with Gasteiger partial charge in [0.25, 0.3) is 0 Å². The molecule has 2 atom stereocenters. The van der Waals surface area contributed by atoms with Crippen LogP contribution in [0, 0.1) is 0 Å². The first-order valence-corrected chi connectivity index (χ1v) is 8.63. The van der Waals surface area contributed by atoms with Crippen molar-refractivity contribution >= 4 is 0 Å². The van der Waals surface area contributed by atoms with Crippen LogP contribution in [-0.4, -0.2) is 84.8 Å². The molecule has 2 aliphatic heterocycles. The molecule has 1 N–H and O–H groups in total. The number of rotatable bonds is 6. The summed E-state index contributed by atoms with van der Waals surface area (Å²) in [5, 5.41) is 10.1. The Morgan fingerprint density at radius 2 is 1.95 bits per heavy atom. The van der Waals surface area contributed by atoms with E-state index in [2.05, 4.69) is 28.3 Å². The minimum absolute atomic E-state index is 0.200. The topological polar surface area (TPSA) is 30.0 Å². The fraction of sp³-hybridized carbons (Fsp3) is 0.882. The smallest absolute Gasteiger partial charge is 0.0670 e. The summed E-state index contributed by atoms with van der Waals surface area (Å²) in [6.07, 6.45) is 7.39. The van der Waals surface area contributed by atoms with Crippen LogP contribution in [0.25, 0.3) is 0 Å². The van der Waals surface area contributed by atoms with E-state index in [9.17, 15) is 5.11 Å². The summed E-state index contributed by atoms with van der Waals surface area (Å²) in [6.45, 7) is 11.6. The SMILES string of the molecule is C=CCC[C@H](O)CN1CCCC[C@@H](N2CCN(C)CC2)C1. The molecular formula is C17H33N3O. The molecule has 4 heteroatoms. The van der Waals surface area contributed by atoms with Gasteiger partial charge in [0, 0.05) is 45.3 Å². The molecule has 122 valence electrons. The number of nitrogens with zero attached hydrogens (tertiary/aromatic N) is 3. The van der Waals surface area contributed by atoms with Gasteiger partial charge in [-0.2, -0.15) is 0 Å². The minimum Gasteiger partial charge on any atom is -0.392 e. The molecule has 0 radical (unpaired) electrons. The van der Waals surface area contributed by atoms with Gasteiger partial charge < -0.3 is 10.0 Å². The van der Waals surface area contributed by atoms with Crippen LogP contribution in [0.1, 0.15) is 32.1 Å². The number of aliphatic hydroxyl groups is 1. The Hall–Kier alpha value is -0.420. The molecule has 0 aromatic carbocycles. The third kappa shape index (κ3) is 5.70. The predicted octanol–water partition coefficient (Wildman–Crippen LogP) is 1.42. The lowest BCUT2D eigenvalue weighted by atomic mass is 10.1. The Morgan fingerprint density at radius 3 is 2.67 bits per heavy atom. The van der Waals surface area contributed by atoms with Gasteiger partial charge in [-0.15, -0.1) is 6.58 Å². The summed E-state index contributed by atoms with van der Waals surface area (Å²) in [5.41, 5.74) is 0. The molecule has 2 fully saturated rings. The summed E-state index contributed by atoms with van der Waals surface area (Å²) in [6, 6.07) is 0.688. The fourth-order valence-electron chi connectivity index (χ4n) is 3.55. The van der Waals surface area contributed by atoms with E-state index in [1.807, 2.05) is 6.08 Å². The normalized spacial score (nSPS) is 28.2. The van der Waals surface area contributed by atoms with E-state index in [-0.39, 0.29) is 6.10 Å². The molecule has 0 bridgehead atoms. The van der Waals surface area contributed by atoms with Gasteiger partial charge in [0.15, 0.2) is 0 Å². The van der Waals surface area contributed by atoms with Gasteiger partial charge in [0.05, 0.1) is 6.10 Å². The third-order valence-corrected chi connectivity index (χ3v) is 4.96. The zero-order valence-electron chi connectivity index (χ0n) is 13.7. The van der Waals surface area contributed by atoms with E-state index in [0.29, 0.717) is 6.04 Å². The van der Waals surface area contributed by atoms with Crippen molar-refractivity contribution in [2.45, 2.75) is 44.2 Å². The lowest BCUT2D eigenvalue weighted by molar-refractivity contribution is 0.0663. The van der Waals surface area contributed by atoms with Gasteiger partial charge in [-0.1, -0.05) is 12.5 Å². The number of likely N-dealkylation sites (tertiary alicyclic amines) is 1. The quantitative estimate of drug-likeness (QED) is 0.751. The summed E-state index contributed by atoms with van der Waals surface area (Å²) in [5.74, 6) is 0. The molecule has 21 heavy (non-hydrogen) atoms. The molecular weight excluding hydrogens is 262 g/mol. The molecule has 4 nitrogen and oxygen atoms in total. The molecule has 0 aromatic heterocycles. The van der Waals surface area contributed by atoms with Gasteiger partial charge in [-0.05, 0) is 39.3 Å². The molecule has 0 amide bonds. The highest BCUT2D eigenvalue weighted by atomic mass is 16.3. The number of aliphatic hydroxyl groups excluding tert-OH is 1. The fourth-order valence-corrected chi connectivity index (χ4v) is 3.55. The van der Waals surface area contributed by atoms with Crippen molar-refractivity contribution in [3.8, 4) is 0 Å². The number of allylic oxidation sites excluding steroid dienone is 1. The number of β-amino-alcohol motifs (C(OH)–C–C–N with tert-alkyl or cyclic N) is 1. The average Bonchev–Trinajstić information content (AvgIpc) is 2.71. The van der Waals surface area contributed by atoms with Gasteiger partial charge in [-0.25, -0.2) is 0 Å². The van der Waals surface area contributed by atoms with Crippen LogP contribution in [0.4, 0.5) is 0 Å². The van der Waals surface area contributed by atoms with Crippen LogP contribution in [0.2, 0.25) is 0 Å². The minimum atomic E-state index is -0.200. The summed E-state index contributed by atoms with van der Waals surface area (Å²) in [4.78, 5) is 7.59. The van der Waals surface area contributed by atoms with Gasteiger partial charge in [0.1, 0.15) is 0 Å². The third-order valence-electron chi connectivity index (χ3n) is 4.96. The second-order valence-electron chi connectivity index (χ2n) is 6.77. The lowest BCUT2D eigenvalue weighted by Crippen LogP contribution is -2.52. The van der Waals surface area contributed by atoms with Crippen molar-refractivity contribution in [1.82, 2.24) is 14.7 Å². The molecule has 2 heterocycles. The van der Waals surface area contributed by atoms with Gasteiger partial charge >= 0.3 is 0 Å². The first-order chi connectivity index (χ1) is 10.2. The standard InChI is InChI=1S/C17H33N3O/c1-3-4-8-17(21)15-19-9-6-5-7-16(14-19)20-12-10-18(2)11-13-20/h3,16-17,21H,1,4-15H2,2H3/t16-,17+/m1/s1. The number of hydrogen-bond acceptors (Lipinski definition) is 4. The molecule has 2 saturated heterocycles. The van der Waals surface area contributed by atoms with Crippen molar-refractivity contribution in [1.29, 1.82) is 0 Å².